The zero-order valence-electron chi connectivity index (χ0n) is 16.1. The molecule has 0 saturated carbocycles. The van der Waals surface area contributed by atoms with Crippen LogP contribution in [0.2, 0.25) is 5.02 Å². The van der Waals surface area contributed by atoms with Gasteiger partial charge in [0.05, 0.1) is 17.4 Å². The van der Waals surface area contributed by atoms with Crippen LogP contribution in [-0.4, -0.2) is 14.3 Å². The van der Waals surface area contributed by atoms with Crippen molar-refractivity contribution in [3.63, 3.8) is 0 Å². The van der Waals surface area contributed by atoms with Crippen LogP contribution in [0.4, 0.5) is 10.1 Å². The summed E-state index contributed by atoms with van der Waals surface area (Å²) in [5, 5.41) is 3.49. The summed E-state index contributed by atoms with van der Waals surface area (Å²) in [4.78, 5) is 12.3. The highest BCUT2D eigenvalue weighted by Gasteiger charge is 2.15. The molecule has 0 spiro atoms. The van der Waals surface area contributed by atoms with Gasteiger partial charge in [-0.3, -0.25) is 9.52 Å². The number of amides is 1. The Kier molecular flexibility index (Phi) is 6.74. The molecule has 0 saturated heterocycles. The van der Waals surface area contributed by atoms with Crippen LogP contribution < -0.4 is 10.0 Å². The maximum absolute atomic E-state index is 13.0. The number of nitrogens with one attached hydrogen (secondary N) is 2. The van der Waals surface area contributed by atoms with Gasteiger partial charge in [0.2, 0.25) is 5.91 Å². The van der Waals surface area contributed by atoms with E-state index in [1.807, 2.05) is 25.1 Å². The van der Waals surface area contributed by atoms with E-state index in [1.165, 1.54) is 12.1 Å². The van der Waals surface area contributed by atoms with Crippen LogP contribution in [0.5, 0.6) is 0 Å². The first-order valence-electron chi connectivity index (χ1n) is 9.16. The molecule has 2 N–H and O–H groups in total. The number of sulfonamides is 1. The third-order valence-corrected chi connectivity index (χ3v) is 6.19. The van der Waals surface area contributed by atoms with E-state index in [0.29, 0.717) is 10.7 Å². The molecule has 3 aromatic rings. The molecule has 5 nitrogen and oxygen atoms in total. The highest BCUT2D eigenvalue weighted by atomic mass is 35.5. The van der Waals surface area contributed by atoms with Crippen LogP contribution in [0.25, 0.3) is 0 Å². The normalized spacial score (nSPS) is 12.2. The minimum absolute atomic E-state index is 0.0408. The van der Waals surface area contributed by atoms with Gasteiger partial charge in [0.1, 0.15) is 5.82 Å². The van der Waals surface area contributed by atoms with E-state index in [1.54, 1.807) is 30.3 Å². The molecule has 1 atom stereocenters. The summed E-state index contributed by atoms with van der Waals surface area (Å²) in [5.41, 5.74) is 1.90. The second-order valence-electron chi connectivity index (χ2n) is 6.74. The lowest BCUT2D eigenvalue weighted by atomic mass is 10.1. The predicted octanol–water partition coefficient (Wildman–Crippen LogP) is 4.70. The predicted molar refractivity (Wildman–Crippen MR) is 115 cm³/mol. The third-order valence-electron chi connectivity index (χ3n) is 4.44. The van der Waals surface area contributed by atoms with Crippen LogP contribution in [-0.2, 0) is 21.2 Å². The van der Waals surface area contributed by atoms with Gasteiger partial charge in [-0.25, -0.2) is 12.8 Å². The molecule has 3 aromatic carbocycles. The Bertz CT molecular complexity index is 1130. The van der Waals surface area contributed by atoms with Crippen LogP contribution in [0.15, 0.2) is 77.7 Å². The number of hydrogen-bond donors (Lipinski definition) is 2. The molecule has 156 valence electrons. The van der Waals surface area contributed by atoms with Crippen molar-refractivity contribution in [2.24, 2.45) is 0 Å². The molecule has 0 aliphatic rings. The monoisotopic (exact) mass is 446 g/mol. The summed E-state index contributed by atoms with van der Waals surface area (Å²) < 4.78 is 40.1. The Hall–Kier alpha value is -2.90. The molecule has 30 heavy (non-hydrogen) atoms. The summed E-state index contributed by atoms with van der Waals surface area (Å²) >= 11 is 6.16. The minimum Gasteiger partial charge on any atom is -0.349 e. The Morgan fingerprint density at radius 3 is 2.27 bits per heavy atom. The molecular formula is C22H20ClFN2O3S. The van der Waals surface area contributed by atoms with E-state index < -0.39 is 15.8 Å². The van der Waals surface area contributed by atoms with Crippen LogP contribution >= 0.6 is 11.6 Å². The van der Waals surface area contributed by atoms with Crippen LogP contribution in [0, 0.1) is 5.82 Å². The number of carbonyl (C=O) groups is 1. The Balaban J connectivity index is 1.61. The summed E-state index contributed by atoms with van der Waals surface area (Å²) in [7, 11) is -3.83. The average molecular weight is 447 g/mol. The minimum atomic E-state index is -3.83. The second-order valence-corrected chi connectivity index (χ2v) is 8.83. The molecule has 0 radical (unpaired) electrons. The maximum atomic E-state index is 13.0. The zero-order chi connectivity index (χ0) is 21.7. The molecule has 0 aromatic heterocycles. The second kappa shape index (κ2) is 9.28. The first-order chi connectivity index (χ1) is 14.2. The van der Waals surface area contributed by atoms with Crippen LogP contribution in [0.1, 0.15) is 24.1 Å². The van der Waals surface area contributed by atoms with E-state index in [-0.39, 0.29) is 23.3 Å². The maximum Gasteiger partial charge on any atom is 0.261 e. The van der Waals surface area contributed by atoms with Gasteiger partial charge in [0.15, 0.2) is 0 Å². The number of rotatable bonds is 7. The Morgan fingerprint density at radius 1 is 1.00 bits per heavy atom. The van der Waals surface area contributed by atoms with Crippen molar-refractivity contribution in [2.45, 2.75) is 24.3 Å². The standard InChI is InChI=1S/C22H20ClFN2O3S/c1-15(20-4-2-3-5-21(20)23)25-22(27)14-16-6-10-18(11-7-16)26-30(28,29)19-12-8-17(24)9-13-19/h2-13,15,26H,14H2,1H3,(H,25,27). The van der Waals surface area contributed by atoms with Crippen molar-refractivity contribution in [3.8, 4) is 0 Å². The summed E-state index contributed by atoms with van der Waals surface area (Å²) in [6.07, 6.45) is 0.139. The van der Waals surface area contributed by atoms with Gasteiger partial charge < -0.3 is 5.32 Å². The van der Waals surface area contributed by atoms with Crippen molar-refractivity contribution < 1.29 is 17.6 Å². The average Bonchev–Trinajstić information content (AvgIpc) is 2.70. The first-order valence-corrected chi connectivity index (χ1v) is 11.0. The molecule has 0 aliphatic carbocycles. The molecular weight excluding hydrogens is 427 g/mol. The molecule has 3 rings (SSSR count). The topological polar surface area (TPSA) is 75.3 Å². The van der Waals surface area contributed by atoms with Crippen molar-refractivity contribution in [3.05, 3.63) is 94.8 Å². The van der Waals surface area contributed by atoms with E-state index >= 15 is 0 Å². The number of carbonyl (C=O) groups excluding carboxylic acids is 1. The molecule has 8 heteroatoms. The van der Waals surface area contributed by atoms with E-state index in [9.17, 15) is 17.6 Å². The summed E-state index contributed by atoms with van der Waals surface area (Å²) in [6, 6.07) is 18.1. The van der Waals surface area contributed by atoms with Gasteiger partial charge in [0, 0.05) is 10.7 Å². The molecule has 0 bridgehead atoms. The largest absolute Gasteiger partial charge is 0.349 e. The van der Waals surface area contributed by atoms with E-state index in [2.05, 4.69) is 10.0 Å². The van der Waals surface area contributed by atoms with Crippen LogP contribution in [0.3, 0.4) is 0 Å². The number of hydrogen-bond acceptors (Lipinski definition) is 3. The highest BCUT2D eigenvalue weighted by molar-refractivity contribution is 7.92. The van der Waals surface area contributed by atoms with Crippen molar-refractivity contribution in [1.29, 1.82) is 0 Å². The van der Waals surface area contributed by atoms with Crippen molar-refractivity contribution >= 4 is 33.2 Å². The Labute approximate surface area is 179 Å². The molecule has 1 amide bonds. The third kappa shape index (κ3) is 5.58. The van der Waals surface area contributed by atoms with Gasteiger partial charge in [-0.1, -0.05) is 41.9 Å². The van der Waals surface area contributed by atoms with E-state index in [0.717, 1.165) is 23.3 Å². The number of halogens is 2. The quantitative estimate of drug-likeness (QED) is 0.552. The fraction of sp³-hybridized carbons (Fsp3) is 0.136. The summed E-state index contributed by atoms with van der Waals surface area (Å²) in [6.45, 7) is 1.85. The Morgan fingerprint density at radius 2 is 1.63 bits per heavy atom. The van der Waals surface area contributed by atoms with Gasteiger partial charge >= 0.3 is 0 Å². The number of anilines is 1. The summed E-state index contributed by atoms with van der Waals surface area (Å²) in [5.74, 6) is -0.692. The molecule has 0 heterocycles. The SMILES string of the molecule is CC(NC(=O)Cc1ccc(NS(=O)(=O)c2ccc(F)cc2)cc1)c1ccccc1Cl. The first kappa shape index (κ1) is 21.8. The zero-order valence-corrected chi connectivity index (χ0v) is 17.7. The molecule has 1 unspecified atom stereocenters. The van der Waals surface area contributed by atoms with Crippen molar-refractivity contribution in [1.82, 2.24) is 5.32 Å². The van der Waals surface area contributed by atoms with Gasteiger partial charge in [-0.2, -0.15) is 0 Å². The fourth-order valence-corrected chi connectivity index (χ4v) is 4.26. The highest BCUT2D eigenvalue weighted by Crippen LogP contribution is 2.22. The molecule has 0 aliphatic heterocycles. The lowest BCUT2D eigenvalue weighted by molar-refractivity contribution is -0.121. The van der Waals surface area contributed by atoms with Gasteiger partial charge in [-0.05, 0) is 60.5 Å². The van der Waals surface area contributed by atoms with Crippen molar-refractivity contribution in [2.75, 3.05) is 4.72 Å². The lowest BCUT2D eigenvalue weighted by Crippen LogP contribution is -2.28. The van der Waals surface area contributed by atoms with Gasteiger partial charge in [0.25, 0.3) is 10.0 Å². The van der Waals surface area contributed by atoms with E-state index in [4.69, 9.17) is 11.6 Å². The smallest absolute Gasteiger partial charge is 0.261 e. The molecule has 0 fully saturated rings. The fourth-order valence-electron chi connectivity index (χ4n) is 2.90. The number of benzene rings is 3. The lowest BCUT2D eigenvalue weighted by Gasteiger charge is -2.16. The van der Waals surface area contributed by atoms with Gasteiger partial charge in [-0.15, -0.1) is 0 Å².